The quantitative estimate of drug-likeness (QED) is 0.723. The second-order valence-corrected chi connectivity index (χ2v) is 10.2. The van der Waals surface area contributed by atoms with Crippen LogP contribution in [-0.4, -0.2) is 65.4 Å². The maximum absolute atomic E-state index is 9.54. The minimum atomic E-state index is -0.316. The molecule has 170 valence electrons. The molecule has 2 aliphatic rings. The van der Waals surface area contributed by atoms with Crippen molar-refractivity contribution in [1.29, 1.82) is 0 Å². The van der Waals surface area contributed by atoms with Crippen LogP contribution >= 0.6 is 0 Å². The van der Waals surface area contributed by atoms with Gasteiger partial charge in [0, 0.05) is 41.2 Å². The van der Waals surface area contributed by atoms with Crippen molar-refractivity contribution in [3.05, 3.63) is 24.4 Å². The van der Waals surface area contributed by atoms with E-state index in [9.17, 15) is 5.11 Å². The lowest BCUT2D eigenvalue weighted by Gasteiger charge is -2.48. The third kappa shape index (κ3) is 5.02. The Morgan fingerprint density at radius 3 is 2.55 bits per heavy atom. The molecule has 0 aliphatic carbocycles. The van der Waals surface area contributed by atoms with E-state index in [1.165, 1.54) is 0 Å². The van der Waals surface area contributed by atoms with Gasteiger partial charge in [-0.2, -0.15) is 0 Å². The topological polar surface area (TPSA) is 81.9 Å². The highest BCUT2D eigenvalue weighted by atomic mass is 16.7. The Morgan fingerprint density at radius 2 is 1.90 bits per heavy atom. The summed E-state index contributed by atoms with van der Waals surface area (Å²) in [5, 5.41) is 18.2. The molecule has 1 N–H and O–H groups in total. The maximum atomic E-state index is 9.54. The Balaban J connectivity index is 1.49. The lowest BCUT2D eigenvalue weighted by atomic mass is 9.82. The molecule has 0 radical (unpaired) electrons. The summed E-state index contributed by atoms with van der Waals surface area (Å²) in [6.07, 6.45) is 1.63. The van der Waals surface area contributed by atoms with Crippen LogP contribution in [0.25, 0.3) is 11.3 Å². The maximum Gasteiger partial charge on any atom is 0.177 e. The van der Waals surface area contributed by atoms with Gasteiger partial charge < -0.3 is 24.2 Å². The molecule has 1 aromatic heterocycles. The minimum absolute atomic E-state index is 0.0289. The monoisotopic (exact) mass is 430 g/mol. The average molecular weight is 431 g/mol. The molecule has 0 bridgehead atoms. The normalized spacial score (nSPS) is 20.7. The summed E-state index contributed by atoms with van der Waals surface area (Å²) in [6, 6.07) is 6.17. The fourth-order valence-corrected chi connectivity index (χ4v) is 3.92. The molecule has 4 rings (SSSR count). The van der Waals surface area contributed by atoms with Crippen LogP contribution in [0.3, 0.4) is 0 Å². The van der Waals surface area contributed by atoms with Gasteiger partial charge in [0.25, 0.3) is 0 Å². The number of anilines is 1. The zero-order valence-corrected chi connectivity index (χ0v) is 19.2. The molecule has 2 saturated heterocycles. The number of nitrogens with zero attached hydrogens (tertiary/aromatic N) is 4. The number of aromatic nitrogens is 3. The fraction of sp³-hybridized carbons (Fsp3) is 0.652. The smallest absolute Gasteiger partial charge is 0.177 e. The van der Waals surface area contributed by atoms with Gasteiger partial charge in [0.15, 0.2) is 6.29 Å². The van der Waals surface area contributed by atoms with Crippen molar-refractivity contribution >= 4 is 5.69 Å². The van der Waals surface area contributed by atoms with E-state index in [0.717, 1.165) is 35.8 Å². The minimum Gasteiger partial charge on any atom is -0.490 e. The summed E-state index contributed by atoms with van der Waals surface area (Å²) in [7, 11) is 0. The molecule has 2 aliphatic heterocycles. The number of aliphatic hydroxyl groups excluding tert-OH is 1. The highest BCUT2D eigenvalue weighted by Crippen LogP contribution is 2.38. The first-order valence-corrected chi connectivity index (χ1v) is 11.0. The van der Waals surface area contributed by atoms with Crippen molar-refractivity contribution < 1.29 is 19.3 Å². The van der Waals surface area contributed by atoms with Crippen molar-refractivity contribution in [3.8, 4) is 17.0 Å². The molecule has 0 saturated carbocycles. The zero-order chi connectivity index (χ0) is 22.2. The molecule has 0 unspecified atom stereocenters. The first-order chi connectivity index (χ1) is 14.7. The molecule has 0 spiro atoms. The van der Waals surface area contributed by atoms with Crippen molar-refractivity contribution in [1.82, 2.24) is 15.0 Å². The number of ether oxygens (including phenoxy) is 3. The van der Waals surface area contributed by atoms with Gasteiger partial charge in [-0.05, 0) is 26.0 Å². The summed E-state index contributed by atoms with van der Waals surface area (Å²) in [6.45, 7) is 14.1. The van der Waals surface area contributed by atoms with Crippen molar-refractivity contribution in [2.45, 2.75) is 53.6 Å². The van der Waals surface area contributed by atoms with E-state index < -0.39 is 0 Å². The van der Waals surface area contributed by atoms with Gasteiger partial charge in [0.2, 0.25) is 0 Å². The summed E-state index contributed by atoms with van der Waals surface area (Å²) in [5.74, 6) is 0.782. The molecule has 1 aromatic carbocycles. The molecule has 0 amide bonds. The van der Waals surface area contributed by atoms with Crippen molar-refractivity contribution in [2.24, 2.45) is 10.8 Å². The van der Waals surface area contributed by atoms with Crippen LogP contribution in [0, 0.1) is 10.8 Å². The van der Waals surface area contributed by atoms with Gasteiger partial charge in [-0.25, -0.2) is 4.68 Å². The molecule has 3 heterocycles. The fourth-order valence-electron chi connectivity index (χ4n) is 3.92. The highest BCUT2D eigenvalue weighted by Gasteiger charge is 2.38. The Hall–Kier alpha value is -2.16. The number of benzene rings is 1. The van der Waals surface area contributed by atoms with E-state index in [-0.39, 0.29) is 29.8 Å². The van der Waals surface area contributed by atoms with Crippen LogP contribution < -0.4 is 9.64 Å². The van der Waals surface area contributed by atoms with Crippen molar-refractivity contribution in [3.63, 3.8) is 0 Å². The number of rotatable bonds is 7. The second kappa shape index (κ2) is 8.41. The standard InChI is InChI=1S/C23H34N4O4/c1-16(2)31-20-8-17(26-11-23(5,12-26)13-28)6-7-18(20)19-9-27(25-24-19)10-21-29-14-22(3,4)15-30-21/h6-9,16,21,28H,10-15H2,1-5H3. The Labute approximate surface area is 184 Å². The highest BCUT2D eigenvalue weighted by molar-refractivity contribution is 5.71. The molecular weight excluding hydrogens is 396 g/mol. The Bertz CT molecular complexity index is 895. The van der Waals surface area contributed by atoms with Gasteiger partial charge >= 0.3 is 0 Å². The van der Waals surface area contributed by atoms with E-state index >= 15 is 0 Å². The molecule has 8 heteroatoms. The largest absolute Gasteiger partial charge is 0.490 e. The second-order valence-electron chi connectivity index (χ2n) is 10.2. The molecule has 2 aromatic rings. The van der Waals surface area contributed by atoms with Gasteiger partial charge in [-0.1, -0.05) is 26.0 Å². The average Bonchev–Trinajstić information content (AvgIpc) is 3.15. The summed E-state index contributed by atoms with van der Waals surface area (Å²) in [5.41, 5.74) is 2.76. The molecule has 0 atom stereocenters. The van der Waals surface area contributed by atoms with E-state index in [0.29, 0.717) is 19.8 Å². The molecule has 31 heavy (non-hydrogen) atoms. The summed E-state index contributed by atoms with van der Waals surface area (Å²) < 4.78 is 19.5. The molecule has 8 nitrogen and oxygen atoms in total. The van der Waals surface area contributed by atoms with Gasteiger partial charge in [0.1, 0.15) is 11.4 Å². The summed E-state index contributed by atoms with van der Waals surface area (Å²) in [4.78, 5) is 2.25. The Kier molecular flexibility index (Phi) is 5.98. The van der Waals surface area contributed by atoms with E-state index in [1.54, 1.807) is 4.68 Å². The lowest BCUT2D eigenvalue weighted by molar-refractivity contribution is -0.227. The van der Waals surface area contributed by atoms with Gasteiger partial charge in [-0.15, -0.1) is 5.10 Å². The first kappa shape index (κ1) is 22.0. The van der Waals surface area contributed by atoms with Crippen LogP contribution in [0.1, 0.15) is 34.6 Å². The molecule has 2 fully saturated rings. The Morgan fingerprint density at radius 1 is 1.19 bits per heavy atom. The van der Waals surface area contributed by atoms with Gasteiger partial charge in [0.05, 0.1) is 38.7 Å². The predicted octanol–water partition coefficient (Wildman–Crippen LogP) is 2.95. The van der Waals surface area contributed by atoms with Crippen molar-refractivity contribution in [2.75, 3.05) is 37.8 Å². The molecular formula is C23H34N4O4. The lowest BCUT2D eigenvalue weighted by Crippen LogP contribution is -2.56. The first-order valence-electron chi connectivity index (χ1n) is 11.0. The number of hydrogen-bond donors (Lipinski definition) is 1. The third-order valence-corrected chi connectivity index (χ3v) is 5.69. The number of aliphatic hydroxyl groups is 1. The van der Waals surface area contributed by atoms with Crippen LogP contribution in [0.5, 0.6) is 5.75 Å². The van der Waals surface area contributed by atoms with E-state index in [2.05, 4.69) is 48.1 Å². The van der Waals surface area contributed by atoms with Gasteiger partial charge in [-0.3, -0.25) is 0 Å². The predicted molar refractivity (Wildman–Crippen MR) is 118 cm³/mol. The third-order valence-electron chi connectivity index (χ3n) is 5.69. The van der Waals surface area contributed by atoms with Crippen LogP contribution in [0.4, 0.5) is 5.69 Å². The number of hydrogen-bond acceptors (Lipinski definition) is 7. The SMILES string of the molecule is CC(C)Oc1cc(N2CC(C)(CO)C2)ccc1-c1cn(CC2OCC(C)(C)CO2)nn1. The van der Waals surface area contributed by atoms with E-state index in [4.69, 9.17) is 14.2 Å². The van der Waals surface area contributed by atoms with E-state index in [1.807, 2.05) is 26.1 Å². The van der Waals surface area contributed by atoms with Crippen LogP contribution in [0.2, 0.25) is 0 Å². The van der Waals surface area contributed by atoms with Crippen LogP contribution in [-0.2, 0) is 16.0 Å². The summed E-state index contributed by atoms with van der Waals surface area (Å²) >= 11 is 0. The van der Waals surface area contributed by atoms with Crippen LogP contribution in [0.15, 0.2) is 24.4 Å². The zero-order valence-electron chi connectivity index (χ0n) is 19.2.